The van der Waals surface area contributed by atoms with Crippen LogP contribution in [0.2, 0.25) is 0 Å². The van der Waals surface area contributed by atoms with Gasteiger partial charge >= 0.3 is 0 Å². The van der Waals surface area contributed by atoms with E-state index in [1.54, 1.807) is 24.3 Å². The number of hydrogen-bond acceptors (Lipinski definition) is 6. The summed E-state index contributed by atoms with van der Waals surface area (Å²) in [6, 6.07) is 9.00. The monoisotopic (exact) mass is 448 g/mol. The van der Waals surface area contributed by atoms with Gasteiger partial charge in [-0.1, -0.05) is 42.5 Å². The molecule has 0 aliphatic carbocycles. The molecule has 1 aliphatic rings. The number of carbonyl (C=O) groups is 2. The van der Waals surface area contributed by atoms with Crippen molar-refractivity contribution in [3.63, 3.8) is 0 Å². The highest BCUT2D eigenvalue weighted by Gasteiger charge is 2.42. The molecule has 0 spiro atoms. The molecule has 1 aliphatic heterocycles. The molecule has 0 radical (unpaired) electrons. The second-order valence-electron chi connectivity index (χ2n) is 7.61. The minimum Gasteiger partial charge on any atom is -0.503 e. The summed E-state index contributed by atoms with van der Waals surface area (Å²) in [4.78, 5) is 36.7. The number of ketones is 1. The van der Waals surface area contributed by atoms with Crippen LogP contribution in [-0.4, -0.2) is 48.8 Å². The highest BCUT2D eigenvalue weighted by Crippen LogP contribution is 2.32. The minimum atomic E-state index is -0.653. The van der Waals surface area contributed by atoms with Gasteiger partial charge in [-0.15, -0.1) is 11.3 Å². The Morgan fingerprint density at radius 3 is 2.66 bits per heavy atom. The molecule has 1 amide bonds. The molecule has 32 heavy (non-hydrogen) atoms. The Bertz CT molecular complexity index is 1180. The highest BCUT2D eigenvalue weighted by atomic mass is 32.1. The van der Waals surface area contributed by atoms with Crippen LogP contribution in [0.3, 0.4) is 0 Å². The first-order chi connectivity index (χ1) is 15.5. The molecule has 2 aromatic heterocycles. The van der Waals surface area contributed by atoms with E-state index in [0.717, 1.165) is 10.6 Å². The van der Waals surface area contributed by atoms with Crippen LogP contribution in [0, 0.1) is 13.8 Å². The number of nitrogens with zero attached hydrogens (tertiary/aromatic N) is 4. The summed E-state index contributed by atoms with van der Waals surface area (Å²) < 4.78 is 1.93. The van der Waals surface area contributed by atoms with E-state index < -0.39 is 17.7 Å². The molecule has 0 saturated heterocycles. The number of carbonyl (C=O) groups excluding carboxylic acids is 2. The number of Topliss-reactive ketones (excluding diaryl/α,β-unsaturated/α-hetero) is 1. The lowest BCUT2D eigenvalue weighted by Gasteiger charge is -2.24. The summed E-state index contributed by atoms with van der Waals surface area (Å²) in [5.74, 6) is -1.36. The largest absolute Gasteiger partial charge is 0.503 e. The predicted molar refractivity (Wildman–Crippen MR) is 123 cm³/mol. The van der Waals surface area contributed by atoms with E-state index in [-0.39, 0.29) is 11.4 Å². The zero-order chi connectivity index (χ0) is 22.7. The summed E-state index contributed by atoms with van der Waals surface area (Å²) in [5.41, 5.74) is 1.66. The minimum absolute atomic E-state index is 0.108. The number of thiazole rings is 1. The van der Waals surface area contributed by atoms with Crippen LogP contribution in [0.4, 0.5) is 0 Å². The third-order valence-electron chi connectivity index (χ3n) is 5.35. The van der Waals surface area contributed by atoms with Crippen molar-refractivity contribution in [3.05, 3.63) is 87.6 Å². The number of hydrogen-bond donors (Lipinski definition) is 1. The van der Waals surface area contributed by atoms with E-state index in [9.17, 15) is 14.7 Å². The number of aliphatic hydroxyl groups is 1. The smallest absolute Gasteiger partial charge is 0.289 e. The number of benzene rings is 1. The van der Waals surface area contributed by atoms with Crippen molar-refractivity contribution >= 4 is 29.1 Å². The quantitative estimate of drug-likeness (QED) is 0.527. The average Bonchev–Trinajstić information content (AvgIpc) is 3.48. The lowest BCUT2D eigenvalue weighted by molar-refractivity contribution is -0.128. The van der Waals surface area contributed by atoms with E-state index in [4.69, 9.17) is 0 Å². The number of amides is 1. The maximum Gasteiger partial charge on any atom is 0.289 e. The van der Waals surface area contributed by atoms with Gasteiger partial charge in [0.05, 0.1) is 33.5 Å². The van der Waals surface area contributed by atoms with Crippen molar-refractivity contribution in [3.8, 4) is 0 Å². The number of rotatable bonds is 8. The predicted octanol–water partition coefficient (Wildman–Crippen LogP) is 3.97. The van der Waals surface area contributed by atoms with Gasteiger partial charge in [-0.05, 0) is 25.8 Å². The zero-order valence-corrected chi connectivity index (χ0v) is 18.7. The molecule has 0 saturated carbocycles. The topological polar surface area (TPSA) is 88.3 Å². The zero-order valence-electron chi connectivity index (χ0n) is 17.9. The van der Waals surface area contributed by atoms with Crippen LogP contribution in [0.15, 0.2) is 66.5 Å². The second-order valence-corrected chi connectivity index (χ2v) is 8.81. The Kier molecular flexibility index (Phi) is 6.32. The molecular weight excluding hydrogens is 424 g/mol. The number of imidazole rings is 1. The van der Waals surface area contributed by atoms with Gasteiger partial charge in [0, 0.05) is 25.5 Å². The van der Waals surface area contributed by atoms with Gasteiger partial charge in [-0.3, -0.25) is 9.59 Å². The first-order valence-electron chi connectivity index (χ1n) is 10.4. The van der Waals surface area contributed by atoms with Gasteiger partial charge in [0.2, 0.25) is 5.78 Å². The van der Waals surface area contributed by atoms with E-state index in [0.29, 0.717) is 30.1 Å². The fourth-order valence-electron chi connectivity index (χ4n) is 3.83. The van der Waals surface area contributed by atoms with Crippen molar-refractivity contribution in [1.29, 1.82) is 0 Å². The van der Waals surface area contributed by atoms with Crippen molar-refractivity contribution < 1.29 is 14.7 Å². The summed E-state index contributed by atoms with van der Waals surface area (Å²) in [7, 11) is 0. The first kappa shape index (κ1) is 21.7. The Labute approximate surface area is 190 Å². The standard InChI is InChI=1S/C24H24N4O3S/c1-16-23(32-17(2)26-16)21(29)20-19(10-9-18-7-4-3-5-8-18)28(24(31)22(20)30)13-6-12-27-14-11-25-15-27/h3-5,7-11,14-15,19,30H,6,12-13H2,1-2H3/b10-9+. The van der Waals surface area contributed by atoms with Crippen molar-refractivity contribution in [2.75, 3.05) is 6.54 Å². The Balaban J connectivity index is 1.64. The molecule has 4 rings (SSSR count). The molecule has 0 bridgehead atoms. The normalized spacial score (nSPS) is 16.5. The number of aliphatic hydroxyl groups excluding tert-OH is 1. The second kappa shape index (κ2) is 9.32. The van der Waals surface area contributed by atoms with Crippen LogP contribution in [-0.2, 0) is 11.3 Å². The third kappa shape index (κ3) is 4.40. The molecule has 7 nitrogen and oxygen atoms in total. The van der Waals surface area contributed by atoms with Gasteiger partial charge in [-0.25, -0.2) is 9.97 Å². The molecule has 3 heterocycles. The maximum atomic E-state index is 13.4. The van der Waals surface area contributed by atoms with E-state index in [1.807, 2.05) is 60.2 Å². The SMILES string of the molecule is Cc1nc(C)c(C(=O)C2=C(O)C(=O)N(CCCn3ccnc3)C2/C=C/c2ccccc2)s1. The Morgan fingerprint density at radius 1 is 1.22 bits per heavy atom. The molecular formula is C24H24N4O3S. The van der Waals surface area contributed by atoms with Crippen molar-refractivity contribution in [1.82, 2.24) is 19.4 Å². The third-order valence-corrected chi connectivity index (χ3v) is 6.42. The molecule has 1 unspecified atom stereocenters. The van der Waals surface area contributed by atoms with Crippen LogP contribution < -0.4 is 0 Å². The maximum absolute atomic E-state index is 13.4. The summed E-state index contributed by atoms with van der Waals surface area (Å²) >= 11 is 1.28. The lowest BCUT2D eigenvalue weighted by Crippen LogP contribution is -2.36. The highest BCUT2D eigenvalue weighted by molar-refractivity contribution is 7.14. The lowest BCUT2D eigenvalue weighted by atomic mass is 10.00. The molecule has 8 heteroatoms. The van der Waals surface area contributed by atoms with Crippen molar-refractivity contribution in [2.24, 2.45) is 0 Å². The molecule has 1 atom stereocenters. The van der Waals surface area contributed by atoms with Crippen LogP contribution >= 0.6 is 11.3 Å². The summed E-state index contributed by atoms with van der Waals surface area (Å²) in [5, 5.41) is 11.5. The Hall–Kier alpha value is -3.52. The molecule has 0 fully saturated rings. The van der Waals surface area contributed by atoms with Crippen LogP contribution in [0.1, 0.15) is 32.4 Å². The van der Waals surface area contributed by atoms with E-state index >= 15 is 0 Å². The molecule has 1 N–H and O–H groups in total. The van der Waals surface area contributed by atoms with Gasteiger partial charge in [0.1, 0.15) is 0 Å². The summed E-state index contributed by atoms with van der Waals surface area (Å²) in [6.45, 7) is 4.67. The van der Waals surface area contributed by atoms with E-state index in [1.165, 1.54) is 11.3 Å². The van der Waals surface area contributed by atoms with Gasteiger partial charge in [0.15, 0.2) is 5.76 Å². The number of aromatic nitrogens is 3. The fourth-order valence-corrected chi connectivity index (χ4v) is 4.70. The number of aryl methyl sites for hydroxylation is 3. The van der Waals surface area contributed by atoms with E-state index in [2.05, 4.69) is 9.97 Å². The van der Waals surface area contributed by atoms with Gasteiger partial charge < -0.3 is 14.6 Å². The molecule has 3 aromatic rings. The van der Waals surface area contributed by atoms with Gasteiger partial charge in [-0.2, -0.15) is 0 Å². The fraction of sp³-hybridized carbons (Fsp3) is 0.250. The van der Waals surface area contributed by atoms with Crippen LogP contribution in [0.25, 0.3) is 6.08 Å². The van der Waals surface area contributed by atoms with Crippen molar-refractivity contribution in [2.45, 2.75) is 32.9 Å². The average molecular weight is 449 g/mol. The first-order valence-corrected chi connectivity index (χ1v) is 11.2. The van der Waals surface area contributed by atoms with Gasteiger partial charge in [0.25, 0.3) is 5.91 Å². The van der Waals surface area contributed by atoms with Crippen LogP contribution in [0.5, 0.6) is 0 Å². The summed E-state index contributed by atoms with van der Waals surface area (Å²) in [6.07, 6.45) is 9.62. The molecule has 164 valence electrons. The Morgan fingerprint density at radius 2 is 2.00 bits per heavy atom. The molecule has 1 aromatic carbocycles.